The zero-order chi connectivity index (χ0) is 13.1. The fourth-order valence-electron chi connectivity index (χ4n) is 1.32. The minimum Gasteiger partial charge on any atom is -0.249 e. The molecule has 0 amide bonds. The zero-order valence-electron chi connectivity index (χ0n) is 8.96. The SMILES string of the molecule is Fc1ccc(Br)c(F)c1CSc1ncccc1Br. The molecule has 0 N–H and O–H groups in total. The van der Waals surface area contributed by atoms with Gasteiger partial charge >= 0.3 is 0 Å². The van der Waals surface area contributed by atoms with Crippen LogP contribution in [0.2, 0.25) is 0 Å². The van der Waals surface area contributed by atoms with E-state index >= 15 is 0 Å². The van der Waals surface area contributed by atoms with Crippen molar-refractivity contribution in [2.24, 2.45) is 0 Å². The molecule has 0 aliphatic heterocycles. The number of benzene rings is 1. The highest BCUT2D eigenvalue weighted by Gasteiger charge is 2.13. The maximum atomic E-state index is 13.7. The highest BCUT2D eigenvalue weighted by atomic mass is 79.9. The van der Waals surface area contributed by atoms with Gasteiger partial charge in [0.15, 0.2) is 0 Å². The predicted octanol–water partition coefficient (Wildman–Crippen LogP) is 5.18. The van der Waals surface area contributed by atoms with Crippen molar-refractivity contribution in [2.45, 2.75) is 10.8 Å². The van der Waals surface area contributed by atoms with E-state index in [0.29, 0.717) is 5.03 Å². The van der Waals surface area contributed by atoms with Gasteiger partial charge in [0.05, 0.1) is 4.47 Å². The summed E-state index contributed by atoms with van der Waals surface area (Å²) in [5.41, 5.74) is 0.0481. The highest BCUT2D eigenvalue weighted by Crippen LogP contribution is 2.31. The molecule has 0 radical (unpaired) electrons. The molecule has 1 aromatic heterocycles. The van der Waals surface area contributed by atoms with Crippen LogP contribution in [0.3, 0.4) is 0 Å². The molecule has 0 aliphatic rings. The molecule has 0 saturated carbocycles. The van der Waals surface area contributed by atoms with Gasteiger partial charge in [0.25, 0.3) is 0 Å². The molecular formula is C12H7Br2F2NS. The Morgan fingerprint density at radius 3 is 2.61 bits per heavy atom. The van der Waals surface area contributed by atoms with Crippen molar-refractivity contribution in [3.05, 3.63) is 56.6 Å². The quantitative estimate of drug-likeness (QED) is 0.525. The fraction of sp³-hybridized carbons (Fsp3) is 0.0833. The van der Waals surface area contributed by atoms with E-state index in [4.69, 9.17) is 0 Å². The Kier molecular flexibility index (Phi) is 4.75. The van der Waals surface area contributed by atoms with Crippen molar-refractivity contribution < 1.29 is 8.78 Å². The zero-order valence-corrected chi connectivity index (χ0v) is 12.9. The number of halogens is 4. The number of thioether (sulfide) groups is 1. The maximum absolute atomic E-state index is 13.7. The Labute approximate surface area is 124 Å². The van der Waals surface area contributed by atoms with E-state index in [2.05, 4.69) is 36.8 Å². The number of nitrogens with zero attached hydrogens (tertiary/aromatic N) is 1. The van der Waals surface area contributed by atoms with Crippen molar-refractivity contribution in [3.63, 3.8) is 0 Å². The topological polar surface area (TPSA) is 12.9 Å². The molecule has 6 heteroatoms. The lowest BCUT2D eigenvalue weighted by molar-refractivity contribution is 0.562. The van der Waals surface area contributed by atoms with Gasteiger partial charge in [0.2, 0.25) is 0 Å². The molecule has 0 bridgehead atoms. The van der Waals surface area contributed by atoms with Crippen molar-refractivity contribution >= 4 is 43.6 Å². The van der Waals surface area contributed by atoms with Crippen molar-refractivity contribution in [1.29, 1.82) is 0 Å². The van der Waals surface area contributed by atoms with Crippen LogP contribution >= 0.6 is 43.6 Å². The third-order valence-corrected chi connectivity index (χ3v) is 4.76. The van der Waals surface area contributed by atoms with E-state index in [1.54, 1.807) is 12.3 Å². The lowest BCUT2D eigenvalue weighted by Gasteiger charge is -2.06. The molecule has 94 valence electrons. The average molecular weight is 395 g/mol. The maximum Gasteiger partial charge on any atom is 0.144 e. The summed E-state index contributed by atoms with van der Waals surface area (Å²) < 4.78 is 28.3. The second-order valence-electron chi connectivity index (χ2n) is 3.40. The molecule has 0 spiro atoms. The minimum atomic E-state index is -0.561. The molecular weight excluding hydrogens is 388 g/mol. The Hall–Kier alpha value is -0.460. The molecule has 0 fully saturated rings. The van der Waals surface area contributed by atoms with Crippen LogP contribution in [-0.2, 0) is 5.75 Å². The molecule has 1 nitrogen and oxygen atoms in total. The van der Waals surface area contributed by atoms with Crippen LogP contribution in [0.5, 0.6) is 0 Å². The summed E-state index contributed by atoms with van der Waals surface area (Å²) in [7, 11) is 0. The molecule has 18 heavy (non-hydrogen) atoms. The van der Waals surface area contributed by atoms with E-state index < -0.39 is 11.6 Å². The van der Waals surface area contributed by atoms with Crippen molar-refractivity contribution in [1.82, 2.24) is 4.98 Å². The Bertz CT molecular complexity index is 578. The number of pyridine rings is 1. The number of rotatable bonds is 3. The third-order valence-electron chi connectivity index (χ3n) is 2.22. The van der Waals surface area contributed by atoms with Crippen LogP contribution in [0.4, 0.5) is 8.78 Å². The Morgan fingerprint density at radius 2 is 1.89 bits per heavy atom. The number of hydrogen-bond donors (Lipinski definition) is 0. The van der Waals surface area contributed by atoms with E-state index in [0.717, 1.165) is 4.47 Å². The molecule has 2 aromatic rings. The largest absolute Gasteiger partial charge is 0.249 e. The van der Waals surface area contributed by atoms with E-state index in [9.17, 15) is 8.78 Å². The van der Waals surface area contributed by atoms with Crippen LogP contribution in [0.1, 0.15) is 5.56 Å². The van der Waals surface area contributed by atoms with Gasteiger partial charge in [-0.1, -0.05) is 0 Å². The highest BCUT2D eigenvalue weighted by molar-refractivity contribution is 9.10. The summed E-state index contributed by atoms with van der Waals surface area (Å²) in [6.07, 6.45) is 1.64. The van der Waals surface area contributed by atoms with Gasteiger partial charge in [-0.3, -0.25) is 0 Å². The normalized spacial score (nSPS) is 10.7. The van der Waals surface area contributed by atoms with Gasteiger partial charge in [-0.15, -0.1) is 11.8 Å². The molecule has 1 heterocycles. The first-order valence-corrected chi connectivity index (χ1v) is 7.52. The van der Waals surface area contributed by atoms with Gasteiger partial charge in [0.1, 0.15) is 16.7 Å². The Balaban J connectivity index is 2.21. The number of hydrogen-bond acceptors (Lipinski definition) is 2. The smallest absolute Gasteiger partial charge is 0.144 e. The lowest BCUT2D eigenvalue weighted by atomic mass is 10.2. The second kappa shape index (κ2) is 6.12. The second-order valence-corrected chi connectivity index (χ2v) is 6.07. The van der Waals surface area contributed by atoms with Crippen LogP contribution in [-0.4, -0.2) is 4.98 Å². The molecule has 0 atom stereocenters. The van der Waals surface area contributed by atoms with Crippen LogP contribution in [0.25, 0.3) is 0 Å². The summed E-state index contributed by atoms with van der Waals surface area (Å²) in [5.74, 6) is -0.919. The average Bonchev–Trinajstić information content (AvgIpc) is 2.36. The van der Waals surface area contributed by atoms with Gasteiger partial charge in [-0.2, -0.15) is 0 Å². The summed E-state index contributed by atoms with van der Waals surface area (Å²) in [5, 5.41) is 0.705. The molecule has 0 aliphatic carbocycles. The van der Waals surface area contributed by atoms with Gasteiger partial charge in [-0.05, 0) is 56.1 Å². The Morgan fingerprint density at radius 1 is 1.11 bits per heavy atom. The fourth-order valence-corrected chi connectivity index (χ4v) is 3.18. The van der Waals surface area contributed by atoms with Crippen LogP contribution in [0, 0.1) is 11.6 Å². The van der Waals surface area contributed by atoms with Crippen LogP contribution < -0.4 is 0 Å². The first-order chi connectivity index (χ1) is 8.59. The summed E-state index contributed by atoms with van der Waals surface area (Å²) in [4.78, 5) is 4.13. The first kappa shape index (κ1) is 14.0. The van der Waals surface area contributed by atoms with Gasteiger partial charge < -0.3 is 0 Å². The molecule has 0 saturated heterocycles. The van der Waals surface area contributed by atoms with Crippen molar-refractivity contribution in [3.8, 4) is 0 Å². The van der Waals surface area contributed by atoms with Crippen LogP contribution in [0.15, 0.2) is 44.4 Å². The summed E-state index contributed by atoms with van der Waals surface area (Å²) in [6.45, 7) is 0. The van der Waals surface area contributed by atoms with Gasteiger partial charge in [-0.25, -0.2) is 13.8 Å². The minimum absolute atomic E-state index is 0.0481. The molecule has 0 unspecified atom stereocenters. The number of aromatic nitrogens is 1. The van der Waals surface area contributed by atoms with E-state index in [1.165, 1.54) is 23.9 Å². The van der Waals surface area contributed by atoms with E-state index in [1.807, 2.05) is 6.07 Å². The predicted molar refractivity (Wildman–Crippen MR) is 75.6 cm³/mol. The third kappa shape index (κ3) is 3.10. The molecule has 1 aromatic carbocycles. The molecule has 2 rings (SSSR count). The summed E-state index contributed by atoms with van der Waals surface area (Å²) in [6, 6.07) is 6.23. The monoisotopic (exact) mass is 393 g/mol. The first-order valence-electron chi connectivity index (χ1n) is 4.95. The van der Waals surface area contributed by atoms with Crippen molar-refractivity contribution in [2.75, 3.05) is 0 Å². The summed E-state index contributed by atoms with van der Waals surface area (Å²) >= 11 is 7.66. The van der Waals surface area contributed by atoms with Gasteiger partial charge in [0, 0.05) is 22.0 Å². The standard InChI is InChI=1S/C12H7Br2F2NS/c13-8-3-4-10(15)7(11(8)16)6-18-12-9(14)2-1-5-17-12/h1-5H,6H2. The lowest BCUT2D eigenvalue weighted by Crippen LogP contribution is -1.95. The van der Waals surface area contributed by atoms with E-state index in [-0.39, 0.29) is 15.8 Å².